The number of aromatic nitrogens is 1. The Hall–Kier alpha value is -1.66. The quantitative estimate of drug-likeness (QED) is 0.788. The second-order valence-electron chi connectivity index (χ2n) is 6.80. The van der Waals surface area contributed by atoms with E-state index in [0.717, 1.165) is 25.9 Å². The zero-order valence-corrected chi connectivity index (χ0v) is 14.9. The van der Waals surface area contributed by atoms with E-state index in [1.165, 1.54) is 0 Å². The van der Waals surface area contributed by atoms with Crippen molar-refractivity contribution >= 4 is 5.91 Å². The molecule has 0 aliphatic carbocycles. The number of ether oxygens (including phenoxy) is 1. The lowest BCUT2D eigenvalue weighted by molar-refractivity contribution is 0.0239. The van der Waals surface area contributed by atoms with Gasteiger partial charge in [-0.05, 0) is 37.3 Å². The van der Waals surface area contributed by atoms with Crippen molar-refractivity contribution in [2.75, 3.05) is 26.2 Å². The Kier molecular flexibility index (Phi) is 6.99. The average Bonchev–Trinajstić information content (AvgIpc) is 2.55. The van der Waals surface area contributed by atoms with Gasteiger partial charge in [-0.3, -0.25) is 9.59 Å². The number of hydrogen-bond donors (Lipinski definition) is 2. The van der Waals surface area contributed by atoms with Crippen molar-refractivity contribution in [3.05, 3.63) is 33.7 Å². The molecule has 1 amide bonds. The second-order valence-corrected chi connectivity index (χ2v) is 6.80. The van der Waals surface area contributed by atoms with Crippen molar-refractivity contribution in [3.8, 4) is 0 Å². The van der Waals surface area contributed by atoms with Gasteiger partial charge in [-0.1, -0.05) is 13.8 Å². The van der Waals surface area contributed by atoms with E-state index in [-0.39, 0.29) is 23.1 Å². The number of morpholine rings is 1. The molecule has 0 radical (unpaired) electrons. The van der Waals surface area contributed by atoms with Crippen LogP contribution in [0.1, 0.15) is 42.6 Å². The highest BCUT2D eigenvalue weighted by Gasteiger charge is 2.17. The number of nitrogens with zero attached hydrogens (tertiary/aromatic N) is 1. The molecule has 1 unspecified atom stereocenters. The first kappa shape index (κ1) is 18.7. The normalized spacial score (nSPS) is 17.9. The molecule has 24 heavy (non-hydrogen) atoms. The van der Waals surface area contributed by atoms with Gasteiger partial charge in [0.15, 0.2) is 0 Å². The SMILES string of the molecule is Cc1ccn(CCC(C)C)c(=O)c1C(=O)NCCC1CNCCO1. The number of rotatable bonds is 7. The molecule has 6 nitrogen and oxygen atoms in total. The molecule has 1 saturated heterocycles. The molecule has 0 aromatic carbocycles. The summed E-state index contributed by atoms with van der Waals surface area (Å²) in [6.07, 6.45) is 3.55. The maximum absolute atomic E-state index is 12.6. The van der Waals surface area contributed by atoms with Crippen molar-refractivity contribution in [1.29, 1.82) is 0 Å². The van der Waals surface area contributed by atoms with E-state index in [9.17, 15) is 9.59 Å². The third-order valence-corrected chi connectivity index (χ3v) is 4.30. The van der Waals surface area contributed by atoms with Crippen molar-refractivity contribution in [2.24, 2.45) is 5.92 Å². The standard InChI is InChI=1S/C18H29N3O3/c1-13(2)5-9-21-10-6-14(3)16(18(21)23)17(22)20-7-4-15-12-19-8-11-24-15/h6,10,13,15,19H,4-5,7-9,11-12H2,1-3H3,(H,20,22). The van der Waals surface area contributed by atoms with E-state index in [2.05, 4.69) is 24.5 Å². The maximum Gasteiger partial charge on any atom is 0.263 e. The summed E-state index contributed by atoms with van der Waals surface area (Å²) >= 11 is 0. The summed E-state index contributed by atoms with van der Waals surface area (Å²) in [6.45, 7) is 9.58. The number of aryl methyl sites for hydroxylation is 2. The van der Waals surface area contributed by atoms with Crippen LogP contribution >= 0.6 is 0 Å². The summed E-state index contributed by atoms with van der Waals surface area (Å²) in [5.74, 6) is 0.222. The number of hydrogen-bond acceptors (Lipinski definition) is 4. The lowest BCUT2D eigenvalue weighted by Gasteiger charge is -2.23. The summed E-state index contributed by atoms with van der Waals surface area (Å²) in [6, 6.07) is 1.84. The second kappa shape index (κ2) is 8.99. The molecule has 6 heteroatoms. The van der Waals surface area contributed by atoms with Crippen molar-refractivity contribution in [2.45, 2.75) is 46.3 Å². The highest BCUT2D eigenvalue weighted by atomic mass is 16.5. The summed E-state index contributed by atoms with van der Waals surface area (Å²) < 4.78 is 7.24. The first-order chi connectivity index (χ1) is 11.5. The molecule has 1 aromatic heterocycles. The van der Waals surface area contributed by atoms with Crippen LogP contribution in [-0.2, 0) is 11.3 Å². The van der Waals surface area contributed by atoms with Gasteiger partial charge in [0.25, 0.3) is 11.5 Å². The molecule has 0 bridgehead atoms. The van der Waals surface area contributed by atoms with Crippen LogP contribution in [0.3, 0.4) is 0 Å². The van der Waals surface area contributed by atoms with Gasteiger partial charge in [0.1, 0.15) is 5.56 Å². The summed E-state index contributed by atoms with van der Waals surface area (Å²) in [5.41, 5.74) is 0.765. The molecular formula is C18H29N3O3. The van der Waals surface area contributed by atoms with Gasteiger partial charge in [-0.25, -0.2) is 0 Å². The molecule has 2 rings (SSSR count). The molecule has 1 atom stereocenters. The molecule has 134 valence electrons. The van der Waals surface area contributed by atoms with Crippen molar-refractivity contribution < 1.29 is 9.53 Å². The first-order valence-electron chi connectivity index (χ1n) is 8.79. The molecule has 0 saturated carbocycles. The van der Waals surface area contributed by atoms with Crippen LogP contribution in [0.15, 0.2) is 17.1 Å². The molecule has 1 aromatic rings. The van der Waals surface area contributed by atoms with Crippen molar-refractivity contribution in [1.82, 2.24) is 15.2 Å². The van der Waals surface area contributed by atoms with Gasteiger partial charge in [-0.15, -0.1) is 0 Å². The van der Waals surface area contributed by atoms with E-state index in [4.69, 9.17) is 4.74 Å². The van der Waals surface area contributed by atoms with Gasteiger partial charge >= 0.3 is 0 Å². The number of carbonyl (C=O) groups is 1. The summed E-state index contributed by atoms with van der Waals surface area (Å²) in [7, 11) is 0. The minimum absolute atomic E-state index is 0.124. The van der Waals surface area contributed by atoms with Gasteiger partial charge in [-0.2, -0.15) is 0 Å². The fourth-order valence-electron chi connectivity index (χ4n) is 2.75. The van der Waals surface area contributed by atoms with E-state index >= 15 is 0 Å². The lowest BCUT2D eigenvalue weighted by atomic mass is 10.1. The van der Waals surface area contributed by atoms with Crippen LogP contribution < -0.4 is 16.2 Å². The Balaban J connectivity index is 1.97. The third-order valence-electron chi connectivity index (χ3n) is 4.30. The predicted molar refractivity (Wildman–Crippen MR) is 94.5 cm³/mol. The zero-order valence-electron chi connectivity index (χ0n) is 14.9. The molecule has 1 aliphatic heterocycles. The minimum atomic E-state index is -0.292. The molecule has 2 N–H and O–H groups in total. The highest BCUT2D eigenvalue weighted by Crippen LogP contribution is 2.06. The fourth-order valence-corrected chi connectivity index (χ4v) is 2.75. The largest absolute Gasteiger partial charge is 0.376 e. The smallest absolute Gasteiger partial charge is 0.263 e. The van der Waals surface area contributed by atoms with Gasteiger partial charge < -0.3 is 19.9 Å². The van der Waals surface area contributed by atoms with Crippen LogP contribution in [0, 0.1) is 12.8 Å². The number of amides is 1. The topological polar surface area (TPSA) is 72.4 Å². The Morgan fingerprint density at radius 2 is 2.29 bits per heavy atom. The Morgan fingerprint density at radius 1 is 1.50 bits per heavy atom. The van der Waals surface area contributed by atoms with E-state index < -0.39 is 0 Å². The zero-order chi connectivity index (χ0) is 17.5. The lowest BCUT2D eigenvalue weighted by Crippen LogP contribution is -2.41. The van der Waals surface area contributed by atoms with E-state index in [1.54, 1.807) is 17.7 Å². The van der Waals surface area contributed by atoms with Crippen LogP contribution in [-0.4, -0.2) is 42.8 Å². The molecule has 2 heterocycles. The Labute approximate surface area is 143 Å². The van der Waals surface area contributed by atoms with Crippen molar-refractivity contribution in [3.63, 3.8) is 0 Å². The summed E-state index contributed by atoms with van der Waals surface area (Å²) in [5, 5.41) is 6.12. The minimum Gasteiger partial charge on any atom is -0.376 e. The van der Waals surface area contributed by atoms with Crippen LogP contribution in [0.25, 0.3) is 0 Å². The van der Waals surface area contributed by atoms with Crippen LogP contribution in [0.2, 0.25) is 0 Å². The van der Waals surface area contributed by atoms with Crippen LogP contribution in [0.5, 0.6) is 0 Å². The van der Waals surface area contributed by atoms with E-state index in [0.29, 0.717) is 31.2 Å². The fraction of sp³-hybridized carbons (Fsp3) is 0.667. The van der Waals surface area contributed by atoms with Gasteiger partial charge in [0, 0.05) is 32.4 Å². The molecular weight excluding hydrogens is 306 g/mol. The monoisotopic (exact) mass is 335 g/mol. The first-order valence-corrected chi connectivity index (χ1v) is 8.79. The highest BCUT2D eigenvalue weighted by molar-refractivity contribution is 5.95. The Morgan fingerprint density at radius 3 is 2.96 bits per heavy atom. The molecule has 1 fully saturated rings. The predicted octanol–water partition coefficient (Wildman–Crippen LogP) is 1.31. The third kappa shape index (κ3) is 5.18. The molecule has 0 spiro atoms. The van der Waals surface area contributed by atoms with Crippen LogP contribution in [0.4, 0.5) is 0 Å². The number of nitrogens with one attached hydrogen (secondary N) is 2. The van der Waals surface area contributed by atoms with Gasteiger partial charge in [0.2, 0.25) is 0 Å². The van der Waals surface area contributed by atoms with E-state index in [1.807, 2.05) is 6.07 Å². The number of pyridine rings is 1. The molecule has 1 aliphatic rings. The summed E-state index contributed by atoms with van der Waals surface area (Å²) in [4.78, 5) is 25.0. The Bertz CT molecular complexity index is 604. The number of carbonyl (C=O) groups excluding carboxylic acids is 1. The maximum atomic E-state index is 12.6. The van der Waals surface area contributed by atoms with Gasteiger partial charge in [0.05, 0.1) is 12.7 Å². The average molecular weight is 335 g/mol.